The van der Waals surface area contributed by atoms with Crippen molar-refractivity contribution in [3.63, 3.8) is 0 Å². The van der Waals surface area contributed by atoms with E-state index in [-0.39, 0.29) is 24.2 Å². The van der Waals surface area contributed by atoms with E-state index in [1.807, 2.05) is 73.3 Å². The van der Waals surface area contributed by atoms with Crippen LogP contribution in [-0.4, -0.2) is 76.6 Å². The van der Waals surface area contributed by atoms with E-state index in [9.17, 15) is 14.7 Å². The number of hydrogen-bond acceptors (Lipinski definition) is 6. The number of carbonyl (C=O) groups is 1. The van der Waals surface area contributed by atoms with Gasteiger partial charge in [0, 0.05) is 31.7 Å². The molecule has 0 spiro atoms. The summed E-state index contributed by atoms with van der Waals surface area (Å²) in [6, 6.07) is 16.9. The molecule has 1 aromatic heterocycles. The lowest BCUT2D eigenvalue weighted by atomic mass is 9.92. The molecule has 0 radical (unpaired) electrons. The summed E-state index contributed by atoms with van der Waals surface area (Å²) < 4.78 is 14.8. The maximum atomic E-state index is 14.4. The summed E-state index contributed by atoms with van der Waals surface area (Å²) in [6.07, 6.45) is 2.66. The van der Waals surface area contributed by atoms with Crippen LogP contribution in [0, 0.1) is 0 Å². The van der Waals surface area contributed by atoms with Gasteiger partial charge in [-0.15, -0.1) is 0 Å². The molecule has 1 saturated carbocycles. The summed E-state index contributed by atoms with van der Waals surface area (Å²) in [5, 5.41) is 14.4. The second kappa shape index (κ2) is 13.5. The summed E-state index contributed by atoms with van der Waals surface area (Å²) >= 11 is 0. The molecule has 0 bridgehead atoms. The standard InChI is InChI=1S/C32H42N4O5/c1-23(2)40-19-20-41-26-12-8-9-24(21-26)22-35-30(31(38)34-17-15-33-16-18-34)29(25-10-4-3-5-11-25)36(32(35)39)27-13-6-7-14-28(27)37/h3-5,8-12,21,23,27-28,33,37H,6-7,13-20,22H2,1-2H3/t27?,28-/m1/s1. The highest BCUT2D eigenvalue weighted by Crippen LogP contribution is 2.34. The van der Waals surface area contributed by atoms with Gasteiger partial charge in [-0.2, -0.15) is 0 Å². The number of aromatic nitrogens is 2. The van der Waals surface area contributed by atoms with Crippen LogP contribution in [0.5, 0.6) is 5.75 Å². The second-order valence-corrected chi connectivity index (χ2v) is 11.2. The van der Waals surface area contributed by atoms with Gasteiger partial charge in [0.25, 0.3) is 5.91 Å². The predicted octanol–water partition coefficient (Wildman–Crippen LogP) is 3.69. The minimum Gasteiger partial charge on any atom is -0.491 e. The van der Waals surface area contributed by atoms with Gasteiger partial charge in [-0.3, -0.25) is 13.9 Å². The highest BCUT2D eigenvalue weighted by molar-refractivity contribution is 5.99. The fraction of sp³-hybridized carbons (Fsp3) is 0.500. The van der Waals surface area contributed by atoms with Crippen LogP contribution in [0.3, 0.4) is 0 Å². The van der Waals surface area contributed by atoms with Crippen molar-refractivity contribution in [2.24, 2.45) is 0 Å². The predicted molar refractivity (Wildman–Crippen MR) is 159 cm³/mol. The molecular formula is C32H42N4O5. The normalized spacial score (nSPS) is 19.5. The largest absolute Gasteiger partial charge is 0.491 e. The van der Waals surface area contributed by atoms with Crippen molar-refractivity contribution in [1.82, 2.24) is 19.4 Å². The molecule has 2 atom stereocenters. The minimum atomic E-state index is -0.647. The number of amides is 1. The Balaban J connectivity index is 1.59. The molecule has 2 N–H and O–H groups in total. The molecule has 1 saturated heterocycles. The average molecular weight is 563 g/mol. The number of carbonyl (C=O) groups excluding carboxylic acids is 1. The first-order chi connectivity index (χ1) is 19.9. The number of nitrogens with zero attached hydrogens (tertiary/aromatic N) is 3. The second-order valence-electron chi connectivity index (χ2n) is 11.2. The van der Waals surface area contributed by atoms with E-state index in [1.54, 1.807) is 9.13 Å². The molecule has 2 aliphatic rings. The first kappa shape index (κ1) is 29.1. The molecule has 3 aromatic rings. The van der Waals surface area contributed by atoms with Crippen molar-refractivity contribution >= 4 is 5.91 Å². The monoisotopic (exact) mass is 562 g/mol. The molecule has 2 heterocycles. The molecule has 1 aliphatic heterocycles. The van der Waals surface area contributed by atoms with Crippen molar-refractivity contribution < 1.29 is 19.4 Å². The summed E-state index contributed by atoms with van der Waals surface area (Å²) in [7, 11) is 0. The Morgan fingerprint density at radius 3 is 2.51 bits per heavy atom. The smallest absolute Gasteiger partial charge is 0.329 e. The Morgan fingerprint density at radius 1 is 1.02 bits per heavy atom. The molecule has 5 rings (SSSR count). The van der Waals surface area contributed by atoms with Gasteiger partial charge in [0.15, 0.2) is 0 Å². The van der Waals surface area contributed by atoms with E-state index in [0.29, 0.717) is 69.4 Å². The molecule has 220 valence electrons. The van der Waals surface area contributed by atoms with E-state index < -0.39 is 12.1 Å². The summed E-state index contributed by atoms with van der Waals surface area (Å²) in [5.41, 5.74) is 2.33. The van der Waals surface area contributed by atoms with Crippen LogP contribution < -0.4 is 15.7 Å². The van der Waals surface area contributed by atoms with Gasteiger partial charge in [-0.25, -0.2) is 4.79 Å². The fourth-order valence-corrected chi connectivity index (χ4v) is 5.88. The molecule has 1 aliphatic carbocycles. The first-order valence-corrected chi connectivity index (χ1v) is 14.9. The summed E-state index contributed by atoms with van der Waals surface area (Å²) in [5.74, 6) is 0.521. The molecule has 1 unspecified atom stereocenters. The molecule has 2 aromatic carbocycles. The number of aliphatic hydroxyl groups is 1. The number of benzene rings is 2. The topological polar surface area (TPSA) is 98.0 Å². The van der Waals surface area contributed by atoms with E-state index in [0.717, 1.165) is 24.0 Å². The van der Waals surface area contributed by atoms with Crippen molar-refractivity contribution in [2.75, 3.05) is 39.4 Å². The van der Waals surface area contributed by atoms with Crippen LogP contribution in [0.2, 0.25) is 0 Å². The number of hydrogen-bond donors (Lipinski definition) is 2. The van der Waals surface area contributed by atoms with Gasteiger partial charge >= 0.3 is 5.69 Å². The Kier molecular flexibility index (Phi) is 9.59. The van der Waals surface area contributed by atoms with E-state index >= 15 is 0 Å². The summed E-state index contributed by atoms with van der Waals surface area (Å²) in [4.78, 5) is 30.4. The third-order valence-corrected chi connectivity index (χ3v) is 7.89. The lowest BCUT2D eigenvalue weighted by Gasteiger charge is -2.30. The van der Waals surface area contributed by atoms with Gasteiger partial charge in [-0.05, 0) is 44.4 Å². The van der Waals surface area contributed by atoms with Crippen LogP contribution in [0.1, 0.15) is 61.6 Å². The zero-order chi connectivity index (χ0) is 28.8. The highest BCUT2D eigenvalue weighted by Gasteiger charge is 2.35. The van der Waals surface area contributed by atoms with Gasteiger partial charge in [0.1, 0.15) is 18.1 Å². The SMILES string of the molecule is CC(C)OCCOc1cccc(Cn2c(C(=O)N3CCNCC3)c(-c3ccccc3)n(C3CCCC[C@H]3O)c2=O)c1. The Hall–Kier alpha value is -3.40. The first-order valence-electron chi connectivity index (χ1n) is 14.9. The van der Waals surface area contributed by atoms with E-state index in [4.69, 9.17) is 9.47 Å². The number of imidazole rings is 1. The van der Waals surface area contributed by atoms with Crippen LogP contribution in [0.4, 0.5) is 0 Å². The quantitative estimate of drug-likeness (QED) is 0.366. The summed E-state index contributed by atoms with van der Waals surface area (Å²) in [6.45, 7) is 7.64. The number of rotatable bonds is 10. The number of piperazine rings is 1. The van der Waals surface area contributed by atoms with E-state index in [2.05, 4.69) is 5.32 Å². The van der Waals surface area contributed by atoms with Crippen LogP contribution in [-0.2, 0) is 11.3 Å². The molecule has 1 amide bonds. The number of aliphatic hydroxyl groups excluding tert-OH is 1. The molecule has 2 fully saturated rings. The number of nitrogens with one attached hydrogen (secondary N) is 1. The van der Waals surface area contributed by atoms with E-state index in [1.165, 1.54) is 0 Å². The van der Waals surface area contributed by atoms with Gasteiger partial charge < -0.3 is 24.8 Å². The molecule has 9 heteroatoms. The average Bonchev–Trinajstić information content (AvgIpc) is 3.27. The van der Waals surface area contributed by atoms with Gasteiger partial charge in [0.05, 0.1) is 37.1 Å². The lowest BCUT2D eigenvalue weighted by molar-refractivity contribution is 0.0552. The van der Waals surface area contributed by atoms with Crippen LogP contribution in [0.15, 0.2) is 59.4 Å². The van der Waals surface area contributed by atoms with Crippen molar-refractivity contribution in [1.29, 1.82) is 0 Å². The van der Waals surface area contributed by atoms with Crippen LogP contribution in [0.25, 0.3) is 11.3 Å². The molecule has 41 heavy (non-hydrogen) atoms. The lowest BCUT2D eigenvalue weighted by Crippen LogP contribution is -2.47. The van der Waals surface area contributed by atoms with Gasteiger partial charge in [-0.1, -0.05) is 55.3 Å². The Bertz CT molecular complexity index is 1360. The fourth-order valence-electron chi connectivity index (χ4n) is 5.88. The maximum absolute atomic E-state index is 14.4. The van der Waals surface area contributed by atoms with Gasteiger partial charge in [0.2, 0.25) is 0 Å². The third-order valence-electron chi connectivity index (χ3n) is 7.89. The number of ether oxygens (including phenoxy) is 2. The third kappa shape index (κ3) is 6.74. The van der Waals surface area contributed by atoms with Crippen molar-refractivity contribution in [3.05, 3.63) is 76.3 Å². The molecule has 9 nitrogen and oxygen atoms in total. The highest BCUT2D eigenvalue weighted by atomic mass is 16.5. The van der Waals surface area contributed by atoms with Crippen LogP contribution >= 0.6 is 0 Å². The molecular weight excluding hydrogens is 520 g/mol. The maximum Gasteiger partial charge on any atom is 0.329 e. The Morgan fingerprint density at radius 2 is 1.78 bits per heavy atom. The Labute approximate surface area is 241 Å². The van der Waals surface area contributed by atoms with Crippen molar-refractivity contribution in [3.8, 4) is 17.0 Å². The zero-order valence-electron chi connectivity index (χ0n) is 24.1. The minimum absolute atomic E-state index is 0.133. The zero-order valence-corrected chi connectivity index (χ0v) is 24.1. The van der Waals surface area contributed by atoms with Crippen molar-refractivity contribution in [2.45, 2.75) is 64.3 Å².